The van der Waals surface area contributed by atoms with Crippen LogP contribution < -0.4 is 4.90 Å². The van der Waals surface area contributed by atoms with Gasteiger partial charge in [-0.05, 0) is 37.4 Å². The molecule has 142 valence electrons. The van der Waals surface area contributed by atoms with Crippen molar-refractivity contribution in [3.8, 4) is 0 Å². The number of thiophene rings is 1. The predicted octanol–water partition coefficient (Wildman–Crippen LogP) is 1.65. The molecule has 0 unspecified atom stereocenters. The van der Waals surface area contributed by atoms with Gasteiger partial charge < -0.3 is 14.9 Å². The van der Waals surface area contributed by atoms with Crippen LogP contribution in [0.3, 0.4) is 0 Å². The third-order valence-corrected chi connectivity index (χ3v) is 5.84. The molecule has 0 saturated heterocycles. The number of amides is 1. The Balaban J connectivity index is 1.98. The number of carbonyl (C=O) groups is 2. The van der Waals surface area contributed by atoms with E-state index in [1.54, 1.807) is 40.7 Å². The van der Waals surface area contributed by atoms with E-state index in [1.807, 2.05) is 6.07 Å². The number of aliphatic hydroxyl groups is 1. The summed E-state index contributed by atoms with van der Waals surface area (Å²) in [6, 6.07) is 8.22. The van der Waals surface area contributed by atoms with Crippen molar-refractivity contribution in [1.29, 1.82) is 0 Å². The predicted molar refractivity (Wildman–Crippen MR) is 104 cm³/mol. The van der Waals surface area contributed by atoms with E-state index in [2.05, 4.69) is 18.8 Å². The lowest BCUT2D eigenvalue weighted by molar-refractivity contribution is -0.895. The Hall–Kier alpha value is -2.51. The summed E-state index contributed by atoms with van der Waals surface area (Å²) in [6.45, 7) is 7.29. The molecule has 0 bridgehead atoms. The Morgan fingerprint density at radius 1 is 1.26 bits per heavy atom. The van der Waals surface area contributed by atoms with Gasteiger partial charge in [0.2, 0.25) is 5.78 Å². The number of hydrogen-bond acceptors (Lipinski definition) is 5. The number of hydrogen-bond donors (Lipinski definition) is 2. The number of Topliss-reactive ketones (excluding diaryl/α,β-unsaturated/α-hetero) is 1. The van der Waals surface area contributed by atoms with E-state index in [0.717, 1.165) is 19.6 Å². The standard InChI is InChI=1S/C20H23N3O3S/c1-3-22(4-2)11-12-23-17(14-8-5-6-10-21-14)16(19(25)20(23)26)18(24)15-9-7-13-27-15/h5-10,13,17,25H,3-4,11-12H2,1-2H3/p+1/t17-/m1/s1. The molecule has 0 aromatic carbocycles. The summed E-state index contributed by atoms with van der Waals surface area (Å²) in [5.74, 6) is -1.28. The lowest BCUT2D eigenvalue weighted by Gasteiger charge is -2.27. The molecule has 1 atom stereocenters. The third kappa shape index (κ3) is 3.79. The summed E-state index contributed by atoms with van der Waals surface area (Å²) in [6.07, 6.45) is 1.64. The minimum Gasteiger partial charge on any atom is -0.503 e. The molecule has 0 saturated carbocycles. The summed E-state index contributed by atoms with van der Waals surface area (Å²) >= 11 is 1.30. The van der Waals surface area contributed by atoms with Crippen LogP contribution in [0.1, 0.15) is 35.3 Å². The third-order valence-electron chi connectivity index (χ3n) is 4.97. The lowest BCUT2D eigenvalue weighted by atomic mass is 9.99. The average molecular weight is 386 g/mol. The molecule has 3 heterocycles. The van der Waals surface area contributed by atoms with Crippen LogP contribution in [-0.4, -0.2) is 52.9 Å². The van der Waals surface area contributed by atoms with Crippen molar-refractivity contribution in [2.24, 2.45) is 0 Å². The van der Waals surface area contributed by atoms with Gasteiger partial charge in [-0.15, -0.1) is 11.3 Å². The minimum atomic E-state index is -0.664. The zero-order valence-electron chi connectivity index (χ0n) is 15.5. The highest BCUT2D eigenvalue weighted by Gasteiger charge is 2.44. The molecule has 2 aromatic heterocycles. The van der Waals surface area contributed by atoms with Gasteiger partial charge in [0.15, 0.2) is 5.76 Å². The van der Waals surface area contributed by atoms with Crippen LogP contribution in [0, 0.1) is 0 Å². The number of likely N-dealkylation sites (N-methyl/N-ethyl adjacent to an activating group) is 1. The Morgan fingerprint density at radius 2 is 2.04 bits per heavy atom. The van der Waals surface area contributed by atoms with Gasteiger partial charge >= 0.3 is 0 Å². The summed E-state index contributed by atoms with van der Waals surface area (Å²) in [4.78, 5) is 33.6. The molecule has 0 fully saturated rings. The number of rotatable bonds is 8. The van der Waals surface area contributed by atoms with Gasteiger partial charge in [0.05, 0.1) is 42.3 Å². The van der Waals surface area contributed by atoms with Gasteiger partial charge in [-0.2, -0.15) is 0 Å². The molecule has 1 amide bonds. The number of ketones is 1. The molecular formula is C20H24N3O3S+. The highest BCUT2D eigenvalue weighted by molar-refractivity contribution is 7.12. The zero-order valence-corrected chi connectivity index (χ0v) is 16.3. The van der Waals surface area contributed by atoms with Gasteiger partial charge in [-0.25, -0.2) is 0 Å². The molecule has 27 heavy (non-hydrogen) atoms. The maximum atomic E-state index is 13.0. The smallest absolute Gasteiger partial charge is 0.290 e. The summed E-state index contributed by atoms with van der Waals surface area (Å²) in [5, 5.41) is 12.4. The zero-order chi connectivity index (χ0) is 19.4. The van der Waals surface area contributed by atoms with Crippen LogP contribution in [0.25, 0.3) is 0 Å². The quantitative estimate of drug-likeness (QED) is 0.677. The highest BCUT2D eigenvalue weighted by Crippen LogP contribution is 2.38. The highest BCUT2D eigenvalue weighted by atomic mass is 32.1. The van der Waals surface area contributed by atoms with Crippen molar-refractivity contribution in [2.75, 3.05) is 26.2 Å². The maximum absolute atomic E-state index is 13.0. The normalized spacial score (nSPS) is 17.2. The average Bonchev–Trinajstić information content (AvgIpc) is 3.31. The molecule has 7 heteroatoms. The fourth-order valence-corrected chi connectivity index (χ4v) is 4.06. The lowest BCUT2D eigenvalue weighted by Crippen LogP contribution is -3.12. The van der Waals surface area contributed by atoms with E-state index < -0.39 is 17.7 Å². The second-order valence-electron chi connectivity index (χ2n) is 6.43. The monoisotopic (exact) mass is 386 g/mol. The number of carbonyl (C=O) groups excluding carboxylic acids is 2. The molecule has 0 radical (unpaired) electrons. The fourth-order valence-electron chi connectivity index (χ4n) is 3.38. The van der Waals surface area contributed by atoms with Crippen LogP contribution in [0.4, 0.5) is 0 Å². The van der Waals surface area contributed by atoms with Crippen molar-refractivity contribution in [3.05, 3.63) is 63.8 Å². The van der Waals surface area contributed by atoms with Crippen LogP contribution in [0.15, 0.2) is 53.2 Å². The van der Waals surface area contributed by atoms with Gasteiger partial charge in [0.1, 0.15) is 6.04 Å². The number of nitrogens with one attached hydrogen (secondary N) is 1. The number of pyridine rings is 1. The summed E-state index contributed by atoms with van der Waals surface area (Å²) < 4.78 is 0. The van der Waals surface area contributed by atoms with Crippen LogP contribution >= 0.6 is 11.3 Å². The van der Waals surface area contributed by atoms with E-state index in [1.165, 1.54) is 16.2 Å². The first-order valence-corrected chi connectivity index (χ1v) is 10.0. The van der Waals surface area contributed by atoms with Crippen molar-refractivity contribution in [1.82, 2.24) is 9.88 Å². The first-order valence-electron chi connectivity index (χ1n) is 9.15. The fraction of sp³-hybridized carbons (Fsp3) is 0.350. The number of aliphatic hydroxyl groups excluding tert-OH is 1. The SMILES string of the molecule is CC[NH+](CC)CCN1C(=O)C(O)=C(C(=O)c2cccs2)[C@H]1c1ccccn1. The molecule has 0 aliphatic carbocycles. The maximum Gasteiger partial charge on any atom is 0.290 e. The van der Waals surface area contributed by atoms with Crippen molar-refractivity contribution in [2.45, 2.75) is 19.9 Å². The van der Waals surface area contributed by atoms with Crippen LogP contribution in [0.2, 0.25) is 0 Å². The molecule has 2 N–H and O–H groups in total. The van der Waals surface area contributed by atoms with Crippen LogP contribution in [0.5, 0.6) is 0 Å². The van der Waals surface area contributed by atoms with Crippen molar-refractivity contribution in [3.63, 3.8) is 0 Å². The Morgan fingerprint density at radius 3 is 2.63 bits per heavy atom. The second-order valence-corrected chi connectivity index (χ2v) is 7.38. The van der Waals surface area contributed by atoms with Crippen LogP contribution in [-0.2, 0) is 4.79 Å². The minimum absolute atomic E-state index is 0.121. The largest absolute Gasteiger partial charge is 0.503 e. The summed E-state index contributed by atoms with van der Waals surface area (Å²) in [5.41, 5.74) is 0.708. The topological polar surface area (TPSA) is 74.9 Å². The Labute approximate surface area is 162 Å². The van der Waals surface area contributed by atoms with Gasteiger partial charge in [0.25, 0.3) is 5.91 Å². The van der Waals surface area contributed by atoms with Gasteiger partial charge in [0, 0.05) is 6.20 Å². The number of aromatic nitrogens is 1. The van der Waals surface area contributed by atoms with E-state index in [9.17, 15) is 14.7 Å². The molecule has 6 nitrogen and oxygen atoms in total. The molecule has 0 spiro atoms. The molecule has 1 aliphatic rings. The van der Waals surface area contributed by atoms with E-state index >= 15 is 0 Å². The van der Waals surface area contributed by atoms with E-state index in [-0.39, 0.29) is 11.4 Å². The molecule has 2 aromatic rings. The second kappa shape index (κ2) is 8.45. The Bertz CT molecular complexity index is 829. The molecule has 3 rings (SSSR count). The Kier molecular flexibility index (Phi) is 6.03. The first-order chi connectivity index (χ1) is 13.1. The first kappa shape index (κ1) is 19.3. The number of nitrogens with zero attached hydrogens (tertiary/aromatic N) is 2. The van der Waals surface area contributed by atoms with Crippen molar-refractivity contribution < 1.29 is 19.6 Å². The van der Waals surface area contributed by atoms with E-state index in [0.29, 0.717) is 17.1 Å². The van der Waals surface area contributed by atoms with Crippen molar-refractivity contribution >= 4 is 23.0 Å². The number of quaternary nitrogens is 1. The van der Waals surface area contributed by atoms with E-state index in [4.69, 9.17) is 0 Å². The van der Waals surface area contributed by atoms with Gasteiger partial charge in [-0.1, -0.05) is 12.1 Å². The summed E-state index contributed by atoms with van der Waals surface area (Å²) in [7, 11) is 0. The van der Waals surface area contributed by atoms with Gasteiger partial charge in [-0.3, -0.25) is 14.6 Å². The molecule has 1 aliphatic heterocycles. The molecular weight excluding hydrogens is 362 g/mol.